The fraction of sp³-hybridized carbons (Fsp3) is 0.273. The average Bonchev–Trinajstić information content (AvgIpc) is 2.71. The number of rotatable bonds is 6. The molecule has 0 radical (unpaired) electrons. The second-order valence-electron chi connectivity index (χ2n) is 6.57. The maximum atomic E-state index is 9.41. The van der Waals surface area contributed by atoms with Gasteiger partial charge in [-0.05, 0) is 43.0 Å². The number of benzene rings is 2. The third-order valence-electron chi connectivity index (χ3n) is 4.29. The molecule has 0 atom stereocenters. The van der Waals surface area contributed by atoms with Gasteiger partial charge in [0.05, 0.1) is 11.9 Å². The van der Waals surface area contributed by atoms with Gasteiger partial charge in [-0.25, -0.2) is 0 Å². The van der Waals surface area contributed by atoms with E-state index in [1.165, 1.54) is 41.5 Å². The summed E-state index contributed by atoms with van der Waals surface area (Å²) in [4.78, 5) is 26.5. The Bertz CT molecular complexity index is 803. The van der Waals surface area contributed by atoms with Crippen molar-refractivity contribution in [1.82, 2.24) is 9.80 Å². The zero-order valence-corrected chi connectivity index (χ0v) is 17.1. The average molecular weight is 413 g/mol. The van der Waals surface area contributed by atoms with E-state index in [9.17, 15) is 19.8 Å². The zero-order valence-electron chi connectivity index (χ0n) is 16.3. The van der Waals surface area contributed by atoms with Crippen LogP contribution in [-0.2, 0) is 16.1 Å². The van der Waals surface area contributed by atoms with E-state index < -0.39 is 11.9 Å². The Balaban J connectivity index is 0.000000321. The Morgan fingerprint density at radius 1 is 0.897 bits per heavy atom. The molecule has 3 rings (SSSR count). The molecule has 0 N–H and O–H groups in total. The van der Waals surface area contributed by atoms with E-state index in [0.717, 1.165) is 6.54 Å². The molecular formula is C22H24N2O4S-2. The molecule has 6 nitrogen and oxygen atoms in total. The summed E-state index contributed by atoms with van der Waals surface area (Å²) in [5.74, 6) is -3.09. The Kier molecular flexibility index (Phi) is 9.43. The molecule has 0 saturated carbocycles. The number of hydrogen-bond donors (Lipinski definition) is 0. The molecule has 0 unspecified atom stereocenters. The number of aliphatic carboxylic acids is 2. The predicted octanol–water partition coefficient (Wildman–Crippen LogP) is 0.628. The largest absolute Gasteiger partial charge is 0.545 e. The number of piperazine rings is 1. The van der Waals surface area contributed by atoms with Gasteiger partial charge in [-0.1, -0.05) is 48.2 Å². The molecular weight excluding hydrogens is 388 g/mol. The number of carboxylic acids is 2. The van der Waals surface area contributed by atoms with Crippen molar-refractivity contribution in [3.63, 3.8) is 0 Å². The quantitative estimate of drug-likeness (QED) is 0.643. The lowest BCUT2D eigenvalue weighted by Gasteiger charge is -2.32. The Hall–Kier alpha value is -2.61. The van der Waals surface area contributed by atoms with Gasteiger partial charge in [0.15, 0.2) is 0 Å². The van der Waals surface area contributed by atoms with Crippen LogP contribution in [-0.4, -0.2) is 55.0 Å². The highest BCUT2D eigenvalue weighted by atomic mass is 32.2. The van der Waals surface area contributed by atoms with Crippen molar-refractivity contribution in [3.05, 3.63) is 72.3 Å². The van der Waals surface area contributed by atoms with E-state index >= 15 is 0 Å². The van der Waals surface area contributed by atoms with Gasteiger partial charge in [0.25, 0.3) is 0 Å². The number of hydrogen-bond acceptors (Lipinski definition) is 7. The van der Waals surface area contributed by atoms with Crippen LogP contribution in [0.1, 0.15) is 5.56 Å². The smallest absolute Gasteiger partial charge is 0.0643 e. The van der Waals surface area contributed by atoms with Gasteiger partial charge in [-0.2, -0.15) is 0 Å². The van der Waals surface area contributed by atoms with Gasteiger partial charge in [0.1, 0.15) is 0 Å². The van der Waals surface area contributed by atoms with E-state index in [1.54, 1.807) is 0 Å². The molecule has 7 heteroatoms. The molecule has 1 aliphatic rings. The van der Waals surface area contributed by atoms with E-state index in [-0.39, 0.29) is 0 Å². The lowest BCUT2D eigenvalue weighted by atomic mass is 10.2. The number of carbonyl (C=O) groups is 2. The first-order valence-electron chi connectivity index (χ1n) is 9.26. The van der Waals surface area contributed by atoms with Crippen molar-refractivity contribution in [1.29, 1.82) is 0 Å². The first kappa shape index (κ1) is 22.7. The topological polar surface area (TPSA) is 86.7 Å². The molecule has 0 aliphatic carbocycles. The molecule has 29 heavy (non-hydrogen) atoms. The molecule has 0 aromatic heterocycles. The normalized spacial score (nSPS) is 14.9. The van der Waals surface area contributed by atoms with E-state index in [1.807, 2.05) is 11.8 Å². The molecule has 1 aliphatic heterocycles. The lowest BCUT2D eigenvalue weighted by Crippen LogP contribution is -2.43. The summed E-state index contributed by atoms with van der Waals surface area (Å²) in [5.41, 5.74) is 1.44. The molecule has 1 heterocycles. The summed E-state index contributed by atoms with van der Waals surface area (Å²) in [6, 6.07) is 19.4. The number of carboxylic acid groups (broad SMARTS) is 2. The van der Waals surface area contributed by atoms with E-state index in [0.29, 0.717) is 12.2 Å². The molecule has 2 aromatic rings. The second kappa shape index (κ2) is 12.1. The van der Waals surface area contributed by atoms with Crippen LogP contribution in [0.15, 0.2) is 76.5 Å². The third kappa shape index (κ3) is 8.95. The van der Waals surface area contributed by atoms with Crippen molar-refractivity contribution in [2.24, 2.45) is 0 Å². The first-order chi connectivity index (χ1) is 13.9. The SMILES string of the molecule is CN1CCN(Cc2ccccc2Sc2ccccc2)CC1.O=C([O-])/C=C\C(=O)[O-]. The van der Waals surface area contributed by atoms with Crippen LogP contribution in [0.2, 0.25) is 0 Å². The van der Waals surface area contributed by atoms with Gasteiger partial charge < -0.3 is 24.7 Å². The summed E-state index contributed by atoms with van der Waals surface area (Å²) in [6.45, 7) is 5.74. The number of carbonyl (C=O) groups excluding carboxylic acids is 2. The Morgan fingerprint density at radius 3 is 2.03 bits per heavy atom. The van der Waals surface area contributed by atoms with Crippen LogP contribution in [0.5, 0.6) is 0 Å². The molecule has 0 amide bonds. The maximum Gasteiger partial charge on any atom is 0.0643 e. The minimum atomic E-state index is -1.55. The molecule has 0 spiro atoms. The van der Waals surface area contributed by atoms with Gasteiger partial charge in [-0.15, -0.1) is 0 Å². The lowest BCUT2D eigenvalue weighted by molar-refractivity contribution is -0.301. The molecule has 1 saturated heterocycles. The fourth-order valence-electron chi connectivity index (χ4n) is 2.73. The minimum absolute atomic E-state index is 0.384. The van der Waals surface area contributed by atoms with Crippen LogP contribution in [0.25, 0.3) is 0 Å². The van der Waals surface area contributed by atoms with Crippen LogP contribution in [0.4, 0.5) is 0 Å². The standard InChI is InChI=1S/C18H22N2S.C4H4O4/c1-19-11-13-20(14-12-19)15-16-7-5-6-10-18(16)21-17-8-3-2-4-9-17;5-3(6)1-2-4(7)8/h2-10H,11-15H2,1H3;1-2H,(H,5,6)(H,7,8)/p-2/b;2-1-. The van der Waals surface area contributed by atoms with Crippen molar-refractivity contribution in [2.75, 3.05) is 33.2 Å². The summed E-state index contributed by atoms with van der Waals surface area (Å²) < 4.78 is 0. The summed E-state index contributed by atoms with van der Waals surface area (Å²) in [6.07, 6.45) is 0.769. The van der Waals surface area contributed by atoms with Crippen molar-refractivity contribution in [2.45, 2.75) is 16.3 Å². The minimum Gasteiger partial charge on any atom is -0.545 e. The monoisotopic (exact) mass is 412 g/mol. The van der Waals surface area contributed by atoms with Crippen LogP contribution < -0.4 is 10.2 Å². The highest BCUT2D eigenvalue weighted by Crippen LogP contribution is 2.30. The number of nitrogens with zero attached hydrogens (tertiary/aromatic N) is 2. The third-order valence-corrected chi connectivity index (χ3v) is 5.42. The Morgan fingerprint density at radius 2 is 1.45 bits per heavy atom. The molecule has 154 valence electrons. The second-order valence-corrected chi connectivity index (χ2v) is 7.69. The van der Waals surface area contributed by atoms with E-state index in [2.05, 4.69) is 71.4 Å². The van der Waals surface area contributed by atoms with Gasteiger partial charge >= 0.3 is 0 Å². The van der Waals surface area contributed by atoms with Crippen LogP contribution in [0, 0.1) is 0 Å². The van der Waals surface area contributed by atoms with E-state index in [4.69, 9.17) is 0 Å². The highest BCUT2D eigenvalue weighted by molar-refractivity contribution is 7.99. The van der Waals surface area contributed by atoms with Crippen molar-refractivity contribution >= 4 is 23.7 Å². The fourth-order valence-corrected chi connectivity index (χ4v) is 3.69. The summed E-state index contributed by atoms with van der Waals surface area (Å²) >= 11 is 1.87. The van der Waals surface area contributed by atoms with Gasteiger partial charge in [0, 0.05) is 42.5 Å². The molecule has 0 bridgehead atoms. The first-order valence-corrected chi connectivity index (χ1v) is 10.1. The summed E-state index contributed by atoms with van der Waals surface area (Å²) in [5, 5.41) is 18.8. The Labute approximate surface area is 175 Å². The van der Waals surface area contributed by atoms with Crippen molar-refractivity contribution in [3.8, 4) is 0 Å². The summed E-state index contributed by atoms with van der Waals surface area (Å²) in [7, 11) is 2.20. The van der Waals surface area contributed by atoms with Crippen LogP contribution in [0.3, 0.4) is 0 Å². The number of likely N-dealkylation sites (N-methyl/N-ethyl adjacent to an activating group) is 1. The van der Waals surface area contributed by atoms with Gasteiger partial charge in [0.2, 0.25) is 0 Å². The molecule has 1 fully saturated rings. The predicted molar refractivity (Wildman–Crippen MR) is 109 cm³/mol. The highest BCUT2D eigenvalue weighted by Gasteiger charge is 2.15. The zero-order chi connectivity index (χ0) is 21.1. The van der Waals surface area contributed by atoms with Gasteiger partial charge in [-0.3, -0.25) is 4.90 Å². The maximum absolute atomic E-state index is 9.41. The van der Waals surface area contributed by atoms with Crippen LogP contribution >= 0.6 is 11.8 Å². The van der Waals surface area contributed by atoms with Crippen molar-refractivity contribution < 1.29 is 19.8 Å². The molecule has 2 aromatic carbocycles.